The first-order valence-corrected chi connectivity index (χ1v) is 9.83. The molecule has 4 N–H and O–H groups in total. The number of fused-ring (bicyclic) bond motifs is 2. The lowest BCUT2D eigenvalue weighted by molar-refractivity contribution is 0.0963. The number of hydrogen-bond donors (Lipinski definition) is 3. The highest BCUT2D eigenvalue weighted by molar-refractivity contribution is 6.32. The zero-order valence-electron chi connectivity index (χ0n) is 17.0. The van der Waals surface area contributed by atoms with Crippen molar-refractivity contribution in [2.24, 2.45) is 0 Å². The fraction of sp³-hybridized carbons (Fsp3) is 0.400. The number of hydrogen-bond acceptors (Lipinski definition) is 6. The number of nitrogens with two attached hydrogens (primary N) is 1. The van der Waals surface area contributed by atoms with Crippen LogP contribution >= 0.6 is 11.6 Å². The molecule has 9 heteroatoms. The van der Waals surface area contributed by atoms with E-state index in [1.54, 1.807) is 13.1 Å². The third-order valence-electron chi connectivity index (χ3n) is 5.34. The van der Waals surface area contributed by atoms with Gasteiger partial charge in [-0.2, -0.15) is 5.10 Å². The standard InChI is InChI=1S/C20H24ClN7O/c1-9-13-11(21)6-10(19(29)23-5)7-12(13)26-15(9)16-14-17(22)24-8-25-18(14)28(27-16)20(2,3)4/h6-9,15,26H,1-5H3,(H,23,29)(H2,22,24,25). The molecular formula is C20H24ClN7O. The van der Waals surface area contributed by atoms with Gasteiger partial charge in [0.1, 0.15) is 12.1 Å². The van der Waals surface area contributed by atoms with Gasteiger partial charge in [0.25, 0.3) is 5.91 Å². The summed E-state index contributed by atoms with van der Waals surface area (Å²) in [5.74, 6) is 0.220. The molecule has 0 saturated carbocycles. The summed E-state index contributed by atoms with van der Waals surface area (Å²) in [6.45, 7) is 8.27. The topological polar surface area (TPSA) is 111 Å². The van der Waals surface area contributed by atoms with Gasteiger partial charge >= 0.3 is 0 Å². The quantitative estimate of drug-likeness (QED) is 0.593. The number of halogens is 1. The number of carbonyl (C=O) groups is 1. The lowest BCUT2D eigenvalue weighted by atomic mass is 9.93. The van der Waals surface area contributed by atoms with Crippen molar-refractivity contribution in [2.45, 2.75) is 45.2 Å². The predicted molar refractivity (Wildman–Crippen MR) is 114 cm³/mol. The summed E-state index contributed by atoms with van der Waals surface area (Å²) in [4.78, 5) is 20.7. The van der Waals surface area contributed by atoms with Crippen LogP contribution in [-0.2, 0) is 5.54 Å². The van der Waals surface area contributed by atoms with E-state index >= 15 is 0 Å². The molecule has 3 heterocycles. The SMILES string of the molecule is CNC(=O)c1cc(Cl)c2c(c1)NC(c1nn(C(C)(C)C)c3ncnc(N)c13)C2C. The molecular weight excluding hydrogens is 390 g/mol. The number of nitrogen functional groups attached to an aromatic ring is 1. The van der Waals surface area contributed by atoms with Gasteiger partial charge in [-0.3, -0.25) is 4.79 Å². The molecule has 0 fully saturated rings. The van der Waals surface area contributed by atoms with Crippen LogP contribution in [0.1, 0.15) is 61.3 Å². The number of nitrogens with zero attached hydrogens (tertiary/aromatic N) is 4. The molecule has 0 radical (unpaired) electrons. The molecule has 2 atom stereocenters. The summed E-state index contributed by atoms with van der Waals surface area (Å²) in [5, 5.41) is 12.3. The molecule has 0 saturated heterocycles. The number of anilines is 2. The fourth-order valence-electron chi connectivity index (χ4n) is 3.93. The Labute approximate surface area is 173 Å². The summed E-state index contributed by atoms with van der Waals surface area (Å²) < 4.78 is 1.88. The zero-order chi connectivity index (χ0) is 21.1. The van der Waals surface area contributed by atoms with E-state index in [4.69, 9.17) is 22.4 Å². The van der Waals surface area contributed by atoms with Crippen LogP contribution in [0.5, 0.6) is 0 Å². The molecule has 29 heavy (non-hydrogen) atoms. The maximum absolute atomic E-state index is 12.1. The first kappa shape index (κ1) is 19.4. The van der Waals surface area contributed by atoms with Gasteiger partial charge in [0, 0.05) is 29.2 Å². The summed E-state index contributed by atoms with van der Waals surface area (Å²) in [5.41, 5.74) is 9.70. The Morgan fingerprint density at radius 3 is 2.69 bits per heavy atom. The number of nitrogens with one attached hydrogen (secondary N) is 2. The van der Waals surface area contributed by atoms with E-state index in [1.165, 1.54) is 6.33 Å². The van der Waals surface area contributed by atoms with E-state index in [0.29, 0.717) is 22.1 Å². The molecule has 1 aliphatic heterocycles. The monoisotopic (exact) mass is 413 g/mol. The number of rotatable bonds is 2. The molecule has 3 aromatic rings. The average molecular weight is 414 g/mol. The molecule has 0 bridgehead atoms. The van der Waals surface area contributed by atoms with E-state index in [0.717, 1.165) is 22.3 Å². The number of benzene rings is 1. The molecule has 4 rings (SSSR count). The molecule has 152 valence electrons. The van der Waals surface area contributed by atoms with Crippen molar-refractivity contribution in [1.82, 2.24) is 25.1 Å². The number of amides is 1. The lowest BCUT2D eigenvalue weighted by Crippen LogP contribution is -2.24. The van der Waals surface area contributed by atoms with Crippen molar-refractivity contribution in [1.29, 1.82) is 0 Å². The van der Waals surface area contributed by atoms with E-state index in [9.17, 15) is 4.79 Å². The van der Waals surface area contributed by atoms with Crippen LogP contribution in [0.2, 0.25) is 5.02 Å². The molecule has 1 aliphatic rings. The first-order chi connectivity index (χ1) is 13.6. The Morgan fingerprint density at radius 2 is 2.03 bits per heavy atom. The smallest absolute Gasteiger partial charge is 0.251 e. The number of aromatic nitrogens is 4. The van der Waals surface area contributed by atoms with Crippen LogP contribution in [0.3, 0.4) is 0 Å². The molecule has 0 aliphatic carbocycles. The molecule has 2 aromatic heterocycles. The van der Waals surface area contributed by atoms with Crippen molar-refractivity contribution < 1.29 is 4.79 Å². The maximum atomic E-state index is 12.1. The maximum Gasteiger partial charge on any atom is 0.251 e. The summed E-state index contributed by atoms with van der Waals surface area (Å²) in [7, 11) is 1.59. The van der Waals surface area contributed by atoms with Gasteiger partial charge in [0.2, 0.25) is 0 Å². The van der Waals surface area contributed by atoms with Crippen molar-refractivity contribution in [2.75, 3.05) is 18.1 Å². The van der Waals surface area contributed by atoms with Gasteiger partial charge in [-0.1, -0.05) is 18.5 Å². The van der Waals surface area contributed by atoms with Crippen LogP contribution in [0.15, 0.2) is 18.5 Å². The highest BCUT2D eigenvalue weighted by Gasteiger charge is 2.37. The highest BCUT2D eigenvalue weighted by Crippen LogP contribution is 2.48. The van der Waals surface area contributed by atoms with Gasteiger partial charge in [0.15, 0.2) is 5.65 Å². The fourth-order valence-corrected chi connectivity index (χ4v) is 4.32. The van der Waals surface area contributed by atoms with E-state index in [-0.39, 0.29) is 23.4 Å². The van der Waals surface area contributed by atoms with Crippen LogP contribution in [-0.4, -0.2) is 32.7 Å². The summed E-state index contributed by atoms with van der Waals surface area (Å²) >= 11 is 6.56. The normalized spacial score (nSPS) is 18.6. The van der Waals surface area contributed by atoms with Crippen LogP contribution in [0.25, 0.3) is 11.0 Å². The Balaban J connectivity index is 1.87. The number of carbonyl (C=O) groups excluding carboxylic acids is 1. The summed E-state index contributed by atoms with van der Waals surface area (Å²) in [6, 6.07) is 3.34. The minimum absolute atomic E-state index is 0.0161. The molecule has 0 spiro atoms. The largest absolute Gasteiger partial charge is 0.383 e. The van der Waals surface area contributed by atoms with Crippen LogP contribution in [0.4, 0.5) is 11.5 Å². The van der Waals surface area contributed by atoms with Gasteiger partial charge in [0.05, 0.1) is 22.7 Å². The predicted octanol–water partition coefficient (Wildman–Crippen LogP) is 3.45. The van der Waals surface area contributed by atoms with Gasteiger partial charge in [-0.15, -0.1) is 0 Å². The van der Waals surface area contributed by atoms with Crippen LogP contribution < -0.4 is 16.4 Å². The van der Waals surface area contributed by atoms with Gasteiger partial charge in [-0.25, -0.2) is 14.6 Å². The highest BCUT2D eigenvalue weighted by atomic mass is 35.5. The zero-order valence-corrected chi connectivity index (χ0v) is 17.8. The van der Waals surface area contributed by atoms with Gasteiger partial charge < -0.3 is 16.4 Å². The van der Waals surface area contributed by atoms with Crippen molar-refractivity contribution in [3.8, 4) is 0 Å². The second kappa shape index (κ2) is 6.59. The van der Waals surface area contributed by atoms with Crippen molar-refractivity contribution >= 4 is 40.0 Å². The Bertz CT molecular complexity index is 1130. The molecule has 1 aromatic carbocycles. The minimum Gasteiger partial charge on any atom is -0.383 e. The van der Waals surface area contributed by atoms with Crippen LogP contribution in [0, 0.1) is 0 Å². The second-order valence-corrected chi connectivity index (χ2v) is 8.74. The molecule has 2 unspecified atom stereocenters. The lowest BCUT2D eigenvalue weighted by Gasteiger charge is -2.20. The second-order valence-electron chi connectivity index (χ2n) is 8.33. The Hall–Kier alpha value is -2.87. The van der Waals surface area contributed by atoms with E-state index in [2.05, 4.69) is 48.3 Å². The molecule has 1 amide bonds. The van der Waals surface area contributed by atoms with E-state index < -0.39 is 0 Å². The third kappa shape index (κ3) is 2.98. The van der Waals surface area contributed by atoms with Crippen molar-refractivity contribution in [3.63, 3.8) is 0 Å². The minimum atomic E-state index is -0.282. The summed E-state index contributed by atoms with van der Waals surface area (Å²) in [6.07, 6.45) is 1.46. The average Bonchev–Trinajstić information content (AvgIpc) is 3.20. The Kier molecular flexibility index (Phi) is 4.42. The van der Waals surface area contributed by atoms with Crippen molar-refractivity contribution in [3.05, 3.63) is 40.3 Å². The van der Waals surface area contributed by atoms with Gasteiger partial charge in [-0.05, 0) is 38.5 Å². The third-order valence-corrected chi connectivity index (χ3v) is 5.65. The Morgan fingerprint density at radius 1 is 1.31 bits per heavy atom. The molecule has 8 nitrogen and oxygen atoms in total. The van der Waals surface area contributed by atoms with E-state index in [1.807, 2.05) is 10.7 Å². The first-order valence-electron chi connectivity index (χ1n) is 9.45.